The summed E-state index contributed by atoms with van der Waals surface area (Å²) in [4.78, 5) is 69.5. The van der Waals surface area contributed by atoms with Crippen molar-refractivity contribution in [2.45, 2.75) is 123 Å². The number of alkyl halides is 1. The lowest BCUT2D eigenvalue weighted by atomic mass is 10.00. The minimum absolute atomic E-state index is 0.115. The topological polar surface area (TPSA) is 188 Å². The number of amides is 2. The SMILES string of the molecule is CC(C)(C)OC(=O)O[C@H]1[C@H](F)[C@H](n2ccc(N(C(=O)OC(C)(C)C)C(=O)OC(C)(C)C)nc2=O)S[C@@H]1COP(=O)(OCCSC(=O)C(C)(C)C)Oc1ccccc1. The first-order valence-corrected chi connectivity index (χ1v) is 21.3. The number of phosphoric acid groups is 1. The number of hydrogen-bond acceptors (Lipinski definition) is 16. The van der Waals surface area contributed by atoms with Crippen molar-refractivity contribution in [3.63, 3.8) is 0 Å². The Morgan fingerprint density at radius 3 is 1.93 bits per heavy atom. The van der Waals surface area contributed by atoms with Crippen molar-refractivity contribution in [2.24, 2.45) is 5.41 Å². The molecule has 1 aromatic carbocycles. The summed E-state index contributed by atoms with van der Waals surface area (Å²) in [6.45, 7) is 18.7. The molecular weight excluding hydrogens is 809 g/mol. The number of phosphoric ester groups is 1. The summed E-state index contributed by atoms with van der Waals surface area (Å²) in [5.41, 5.74) is -4.81. The molecule has 5 atom stereocenters. The van der Waals surface area contributed by atoms with Crippen LogP contribution in [0.5, 0.6) is 5.75 Å². The van der Waals surface area contributed by atoms with Crippen LogP contribution in [0.3, 0.4) is 0 Å². The molecule has 0 radical (unpaired) electrons. The van der Waals surface area contributed by atoms with Crippen LogP contribution < -0.4 is 15.1 Å². The Morgan fingerprint density at radius 1 is 0.860 bits per heavy atom. The number of para-hydroxylation sites is 1. The number of rotatable bonds is 12. The quantitative estimate of drug-likeness (QED) is 0.0852. The van der Waals surface area contributed by atoms with Gasteiger partial charge in [0, 0.05) is 17.4 Å². The first-order chi connectivity index (χ1) is 26.1. The largest absolute Gasteiger partial charge is 0.530 e. The maximum absolute atomic E-state index is 16.5. The predicted molar refractivity (Wildman–Crippen MR) is 213 cm³/mol. The second-order valence-electron chi connectivity index (χ2n) is 16.7. The number of halogens is 1. The van der Waals surface area contributed by atoms with E-state index < -0.39 is 89.4 Å². The molecule has 1 aromatic heterocycles. The second-order valence-corrected chi connectivity index (χ2v) is 20.7. The van der Waals surface area contributed by atoms with E-state index in [9.17, 15) is 28.5 Å². The molecule has 1 aliphatic rings. The van der Waals surface area contributed by atoms with Crippen LogP contribution in [0.2, 0.25) is 0 Å². The molecule has 2 aromatic rings. The number of imide groups is 1. The van der Waals surface area contributed by atoms with E-state index in [1.54, 1.807) is 101 Å². The Bertz CT molecular complexity index is 1810. The van der Waals surface area contributed by atoms with E-state index in [-0.39, 0.29) is 23.2 Å². The van der Waals surface area contributed by atoms with Crippen molar-refractivity contribution in [1.29, 1.82) is 0 Å². The van der Waals surface area contributed by atoms with Crippen molar-refractivity contribution in [3.05, 3.63) is 53.1 Å². The van der Waals surface area contributed by atoms with E-state index in [4.69, 9.17) is 32.5 Å². The number of carbonyl (C=O) groups excluding carboxylic acids is 4. The zero-order valence-electron chi connectivity index (χ0n) is 34.3. The number of nitrogens with zero attached hydrogens (tertiary/aromatic N) is 3. The fourth-order valence-corrected chi connectivity index (χ4v) is 8.23. The average Bonchev–Trinajstić information content (AvgIpc) is 3.33. The van der Waals surface area contributed by atoms with Crippen molar-refractivity contribution in [1.82, 2.24) is 9.55 Å². The molecule has 0 bridgehead atoms. The Balaban J connectivity index is 1.95. The minimum Gasteiger partial charge on any atom is -0.443 e. The van der Waals surface area contributed by atoms with Gasteiger partial charge in [-0.1, -0.05) is 50.7 Å². The third kappa shape index (κ3) is 15.2. The third-order valence-corrected chi connectivity index (χ3v) is 11.1. The van der Waals surface area contributed by atoms with E-state index in [0.29, 0.717) is 4.90 Å². The molecule has 2 heterocycles. The van der Waals surface area contributed by atoms with Crippen molar-refractivity contribution in [3.8, 4) is 5.75 Å². The summed E-state index contributed by atoms with van der Waals surface area (Å²) in [5.74, 6) is -0.215. The molecule has 0 spiro atoms. The lowest BCUT2D eigenvalue weighted by Crippen LogP contribution is -2.45. The van der Waals surface area contributed by atoms with Gasteiger partial charge in [0.15, 0.2) is 23.2 Å². The number of hydrogen-bond donors (Lipinski definition) is 0. The maximum Gasteiger partial charge on any atom is 0.530 e. The summed E-state index contributed by atoms with van der Waals surface area (Å²) in [6.07, 6.45) is -6.20. The molecule has 1 saturated heterocycles. The molecule has 0 aliphatic carbocycles. The van der Waals surface area contributed by atoms with Gasteiger partial charge < -0.3 is 23.5 Å². The monoisotopic (exact) mass is 861 g/mol. The highest BCUT2D eigenvalue weighted by Crippen LogP contribution is 2.52. The summed E-state index contributed by atoms with van der Waals surface area (Å²) < 4.78 is 69.8. The molecule has 0 N–H and O–H groups in total. The van der Waals surface area contributed by atoms with Gasteiger partial charge in [0.25, 0.3) is 0 Å². The summed E-state index contributed by atoms with van der Waals surface area (Å²) in [7, 11) is -4.48. The van der Waals surface area contributed by atoms with Crippen LogP contribution in [0.25, 0.3) is 0 Å². The van der Waals surface area contributed by atoms with Crippen molar-refractivity contribution < 1.29 is 60.7 Å². The lowest BCUT2D eigenvalue weighted by Gasteiger charge is -2.28. The van der Waals surface area contributed by atoms with Gasteiger partial charge in [0.2, 0.25) is 0 Å². The summed E-state index contributed by atoms with van der Waals surface area (Å²) in [5, 5.41) is -2.68. The van der Waals surface area contributed by atoms with Crippen LogP contribution in [-0.2, 0) is 37.4 Å². The van der Waals surface area contributed by atoms with Gasteiger partial charge in [-0.25, -0.2) is 28.1 Å². The van der Waals surface area contributed by atoms with Gasteiger partial charge in [-0.3, -0.25) is 18.4 Å². The minimum atomic E-state index is -4.48. The predicted octanol–water partition coefficient (Wildman–Crippen LogP) is 8.72. The van der Waals surface area contributed by atoms with Gasteiger partial charge in [-0.05, 0) is 80.5 Å². The molecule has 1 fully saturated rings. The summed E-state index contributed by atoms with van der Waals surface area (Å²) in [6, 6.07) is 9.11. The van der Waals surface area contributed by atoms with E-state index in [1.807, 2.05) is 0 Å². The van der Waals surface area contributed by atoms with E-state index in [2.05, 4.69) is 4.98 Å². The number of thioether (sulfide) groups is 2. The van der Waals surface area contributed by atoms with Crippen LogP contribution in [0, 0.1) is 5.41 Å². The van der Waals surface area contributed by atoms with Crippen LogP contribution in [0.1, 0.15) is 88.5 Å². The zero-order valence-corrected chi connectivity index (χ0v) is 36.8. The molecule has 16 nitrogen and oxygen atoms in total. The molecule has 318 valence electrons. The molecule has 0 saturated carbocycles. The number of aromatic nitrogens is 2. The van der Waals surface area contributed by atoms with E-state index in [1.165, 1.54) is 12.1 Å². The highest BCUT2D eigenvalue weighted by Gasteiger charge is 2.50. The van der Waals surface area contributed by atoms with Crippen LogP contribution >= 0.6 is 31.3 Å². The van der Waals surface area contributed by atoms with Gasteiger partial charge >= 0.3 is 31.9 Å². The van der Waals surface area contributed by atoms with E-state index in [0.717, 1.165) is 40.4 Å². The maximum atomic E-state index is 16.5. The Kier molecular flexibility index (Phi) is 15.9. The van der Waals surface area contributed by atoms with Crippen LogP contribution in [0.15, 0.2) is 47.4 Å². The van der Waals surface area contributed by atoms with Crippen molar-refractivity contribution >= 4 is 60.6 Å². The average molecular weight is 862 g/mol. The normalized spacial score (nSPS) is 19.9. The molecule has 1 unspecified atom stereocenters. The molecule has 20 heteroatoms. The Labute approximate surface area is 340 Å². The molecule has 1 aliphatic heterocycles. The fourth-order valence-electron chi connectivity index (χ4n) is 4.54. The third-order valence-electron chi connectivity index (χ3n) is 6.90. The molecule has 3 rings (SSSR count). The molecule has 57 heavy (non-hydrogen) atoms. The highest BCUT2D eigenvalue weighted by molar-refractivity contribution is 8.13. The highest BCUT2D eigenvalue weighted by atomic mass is 32.2. The number of benzene rings is 1. The number of anilines is 1. The van der Waals surface area contributed by atoms with E-state index >= 15 is 4.39 Å². The smallest absolute Gasteiger partial charge is 0.443 e. The van der Waals surface area contributed by atoms with Gasteiger partial charge in [-0.2, -0.15) is 9.88 Å². The first-order valence-electron chi connectivity index (χ1n) is 17.9. The zero-order chi connectivity index (χ0) is 43.1. The second kappa shape index (κ2) is 19.0. The fraction of sp³-hybridized carbons (Fsp3) is 0.622. The van der Waals surface area contributed by atoms with Gasteiger partial charge in [0.1, 0.15) is 27.9 Å². The van der Waals surface area contributed by atoms with Gasteiger partial charge in [-0.15, -0.1) is 11.8 Å². The Hall–Kier alpha value is -3.64. The lowest BCUT2D eigenvalue weighted by molar-refractivity contribution is -0.117. The summed E-state index contributed by atoms with van der Waals surface area (Å²) >= 11 is 1.77. The van der Waals surface area contributed by atoms with Crippen LogP contribution in [0.4, 0.5) is 24.6 Å². The molecular formula is C37H53FN3O13PS2. The first kappa shape index (κ1) is 47.7. The van der Waals surface area contributed by atoms with Gasteiger partial charge in [0.05, 0.1) is 18.5 Å². The Morgan fingerprint density at radius 2 is 1.42 bits per heavy atom. The van der Waals surface area contributed by atoms with Crippen molar-refractivity contribution in [2.75, 3.05) is 23.9 Å². The number of carbonyl (C=O) groups is 4. The standard InChI is InChI=1S/C37H53FN3O13PS2/c1-34(2,3)29(42)56-21-20-48-55(47,54-23-16-14-13-15-17-23)49-22-24-27(50-33(46)53-37(10,11)12)26(38)28(57-24)40-19-18-25(39-30(40)43)41(31(44)51-35(4,5)6)32(45)52-36(7,8)9/h13-19,24,26-28H,20-22H2,1-12H3/t24-,26+,27-,28-,55?/m1/s1. The van der Waals surface area contributed by atoms with Crippen LogP contribution in [-0.4, -0.2) is 86.3 Å². The molecule has 2 amide bonds. The number of ether oxygens (including phenoxy) is 4.